The van der Waals surface area contributed by atoms with Gasteiger partial charge in [-0.3, -0.25) is 4.79 Å². The monoisotopic (exact) mass is 490 g/mol. The standard InChI is InChI=1S/C27H26N2O5S/c30-27(28-21-5-7-24-20(16-21)15-19-3-1-2-4-23(19)24)18-9-11-29(12-10-18)35(31,32)22-6-8-25-26(17-22)34-14-13-33-25/h1-8,16-18H,9-15H2,(H,28,30). The Morgan fingerprint density at radius 3 is 2.43 bits per heavy atom. The van der Waals surface area contributed by atoms with E-state index in [0.29, 0.717) is 50.6 Å². The summed E-state index contributed by atoms with van der Waals surface area (Å²) < 4.78 is 38.8. The van der Waals surface area contributed by atoms with Gasteiger partial charge in [0.05, 0.1) is 4.90 Å². The predicted octanol–water partition coefficient (Wildman–Crippen LogP) is 4.07. The largest absolute Gasteiger partial charge is 0.486 e. The number of ether oxygens (including phenoxy) is 2. The number of anilines is 1. The lowest BCUT2D eigenvalue weighted by atomic mass is 9.97. The number of nitrogens with zero attached hydrogens (tertiary/aromatic N) is 1. The summed E-state index contributed by atoms with van der Waals surface area (Å²) in [5, 5.41) is 3.05. The molecule has 1 fully saturated rings. The van der Waals surface area contributed by atoms with Crippen LogP contribution in [0, 0.1) is 5.92 Å². The molecule has 0 spiro atoms. The van der Waals surface area contributed by atoms with E-state index in [1.165, 1.54) is 32.6 Å². The smallest absolute Gasteiger partial charge is 0.243 e. The lowest BCUT2D eigenvalue weighted by molar-refractivity contribution is -0.120. The Morgan fingerprint density at radius 2 is 1.60 bits per heavy atom. The third-order valence-corrected chi connectivity index (χ3v) is 8.93. The number of piperidine rings is 1. The van der Waals surface area contributed by atoms with Crippen LogP contribution in [-0.4, -0.2) is 44.9 Å². The number of benzene rings is 3. The maximum absolute atomic E-state index is 13.2. The summed E-state index contributed by atoms with van der Waals surface area (Å²) in [7, 11) is -3.67. The summed E-state index contributed by atoms with van der Waals surface area (Å²) in [6.07, 6.45) is 1.82. The van der Waals surface area contributed by atoms with Crippen LogP contribution in [0.3, 0.4) is 0 Å². The van der Waals surface area contributed by atoms with Crippen LogP contribution in [0.5, 0.6) is 11.5 Å². The van der Waals surface area contributed by atoms with E-state index >= 15 is 0 Å². The van der Waals surface area contributed by atoms with Crippen molar-refractivity contribution in [2.24, 2.45) is 5.92 Å². The summed E-state index contributed by atoms with van der Waals surface area (Å²) in [6, 6.07) is 19.1. The van der Waals surface area contributed by atoms with Crippen LogP contribution >= 0.6 is 0 Å². The fourth-order valence-corrected chi connectivity index (χ4v) is 6.64. The minimum absolute atomic E-state index is 0.0585. The van der Waals surface area contributed by atoms with E-state index in [4.69, 9.17) is 9.47 Å². The molecule has 2 heterocycles. The molecule has 7 nitrogen and oxygen atoms in total. The second-order valence-corrected chi connectivity index (χ2v) is 11.1. The molecular formula is C27H26N2O5S. The first-order valence-electron chi connectivity index (χ1n) is 11.9. The second-order valence-electron chi connectivity index (χ2n) is 9.18. The Kier molecular flexibility index (Phi) is 5.50. The molecule has 3 aliphatic rings. The van der Waals surface area contributed by atoms with Gasteiger partial charge in [-0.05, 0) is 65.8 Å². The van der Waals surface area contributed by atoms with E-state index < -0.39 is 10.0 Å². The normalized spacial score (nSPS) is 17.5. The number of sulfonamides is 1. The molecule has 0 saturated carbocycles. The van der Waals surface area contributed by atoms with Gasteiger partial charge in [0.2, 0.25) is 15.9 Å². The fraction of sp³-hybridized carbons (Fsp3) is 0.296. The van der Waals surface area contributed by atoms with Gasteiger partial charge in [-0.15, -0.1) is 0 Å². The van der Waals surface area contributed by atoms with Gasteiger partial charge in [0, 0.05) is 30.8 Å². The highest BCUT2D eigenvalue weighted by molar-refractivity contribution is 7.89. The van der Waals surface area contributed by atoms with Crippen molar-refractivity contribution in [1.82, 2.24) is 4.31 Å². The minimum atomic E-state index is -3.67. The SMILES string of the molecule is O=C(Nc1ccc2c(c1)Cc1ccccc1-2)C1CCN(S(=O)(=O)c2ccc3c(c2)OCCO3)CC1. The first kappa shape index (κ1) is 22.1. The minimum Gasteiger partial charge on any atom is -0.486 e. The predicted molar refractivity (Wildman–Crippen MR) is 132 cm³/mol. The van der Waals surface area contributed by atoms with Crippen molar-refractivity contribution < 1.29 is 22.7 Å². The van der Waals surface area contributed by atoms with Crippen molar-refractivity contribution in [3.05, 3.63) is 71.8 Å². The van der Waals surface area contributed by atoms with Gasteiger partial charge in [-0.1, -0.05) is 30.3 Å². The summed E-state index contributed by atoms with van der Waals surface area (Å²) in [4.78, 5) is 13.1. The molecule has 6 rings (SSSR count). The number of carbonyl (C=O) groups excluding carboxylic acids is 1. The maximum Gasteiger partial charge on any atom is 0.243 e. The fourth-order valence-electron chi connectivity index (χ4n) is 5.16. The maximum atomic E-state index is 13.2. The number of hydrogen-bond acceptors (Lipinski definition) is 5. The second kappa shape index (κ2) is 8.70. The number of amides is 1. The number of hydrogen-bond donors (Lipinski definition) is 1. The molecule has 1 saturated heterocycles. The van der Waals surface area contributed by atoms with Crippen molar-refractivity contribution in [2.75, 3.05) is 31.6 Å². The van der Waals surface area contributed by atoms with Gasteiger partial charge in [0.1, 0.15) is 13.2 Å². The lowest BCUT2D eigenvalue weighted by Gasteiger charge is -2.31. The average Bonchev–Trinajstić information content (AvgIpc) is 3.26. The van der Waals surface area contributed by atoms with Gasteiger partial charge in [0.25, 0.3) is 0 Å². The Bertz CT molecular complexity index is 1410. The van der Waals surface area contributed by atoms with E-state index in [9.17, 15) is 13.2 Å². The zero-order chi connectivity index (χ0) is 24.0. The number of carbonyl (C=O) groups is 1. The summed E-state index contributed by atoms with van der Waals surface area (Å²) in [5.41, 5.74) is 5.78. The van der Waals surface area contributed by atoms with Crippen molar-refractivity contribution in [3.63, 3.8) is 0 Å². The highest BCUT2D eigenvalue weighted by Crippen LogP contribution is 2.38. The first-order chi connectivity index (χ1) is 17.0. The van der Waals surface area contributed by atoms with E-state index in [0.717, 1.165) is 12.1 Å². The molecule has 2 aliphatic heterocycles. The van der Waals surface area contributed by atoms with Gasteiger partial charge in [-0.2, -0.15) is 4.31 Å². The molecule has 0 bridgehead atoms. The number of nitrogens with one attached hydrogen (secondary N) is 1. The highest BCUT2D eigenvalue weighted by Gasteiger charge is 2.33. The third-order valence-electron chi connectivity index (χ3n) is 7.04. The molecule has 35 heavy (non-hydrogen) atoms. The molecule has 1 aliphatic carbocycles. The quantitative estimate of drug-likeness (QED) is 0.466. The van der Waals surface area contributed by atoms with Crippen LogP contribution in [0.2, 0.25) is 0 Å². The molecule has 0 atom stereocenters. The van der Waals surface area contributed by atoms with Gasteiger partial charge < -0.3 is 14.8 Å². The Labute approximate surface area is 204 Å². The zero-order valence-corrected chi connectivity index (χ0v) is 20.0. The molecule has 8 heteroatoms. The molecule has 1 amide bonds. The van der Waals surface area contributed by atoms with Crippen LogP contribution in [0.1, 0.15) is 24.0 Å². The van der Waals surface area contributed by atoms with Crippen LogP contribution in [0.25, 0.3) is 11.1 Å². The Morgan fingerprint density at radius 1 is 0.857 bits per heavy atom. The van der Waals surface area contributed by atoms with Crippen LogP contribution in [-0.2, 0) is 21.2 Å². The van der Waals surface area contributed by atoms with Crippen LogP contribution in [0.15, 0.2) is 65.6 Å². The topological polar surface area (TPSA) is 84.9 Å². The third kappa shape index (κ3) is 4.06. The van der Waals surface area contributed by atoms with Crippen LogP contribution in [0.4, 0.5) is 5.69 Å². The van der Waals surface area contributed by atoms with Crippen molar-refractivity contribution in [1.29, 1.82) is 0 Å². The molecule has 3 aromatic carbocycles. The zero-order valence-electron chi connectivity index (χ0n) is 19.2. The Hall–Kier alpha value is -3.36. The Balaban J connectivity index is 1.09. The molecule has 1 N–H and O–H groups in total. The van der Waals surface area contributed by atoms with Crippen molar-refractivity contribution in [3.8, 4) is 22.6 Å². The molecule has 0 aromatic heterocycles. The van der Waals surface area contributed by atoms with Crippen molar-refractivity contribution >= 4 is 21.6 Å². The average molecular weight is 491 g/mol. The molecular weight excluding hydrogens is 464 g/mol. The van der Waals surface area contributed by atoms with Gasteiger partial charge in [-0.25, -0.2) is 8.42 Å². The van der Waals surface area contributed by atoms with E-state index in [2.05, 4.69) is 29.6 Å². The summed E-state index contributed by atoms with van der Waals surface area (Å²) >= 11 is 0. The van der Waals surface area contributed by atoms with E-state index in [1.807, 2.05) is 18.2 Å². The molecule has 180 valence electrons. The summed E-state index contributed by atoms with van der Waals surface area (Å²) in [5.74, 6) is 0.717. The lowest BCUT2D eigenvalue weighted by Crippen LogP contribution is -2.41. The van der Waals surface area contributed by atoms with Crippen molar-refractivity contribution in [2.45, 2.75) is 24.2 Å². The molecule has 0 unspecified atom stereocenters. The highest BCUT2D eigenvalue weighted by atomic mass is 32.2. The number of fused-ring (bicyclic) bond motifs is 4. The number of rotatable bonds is 4. The molecule has 0 radical (unpaired) electrons. The van der Waals surface area contributed by atoms with E-state index in [1.54, 1.807) is 12.1 Å². The van der Waals surface area contributed by atoms with E-state index in [-0.39, 0.29) is 16.7 Å². The summed E-state index contributed by atoms with van der Waals surface area (Å²) in [6.45, 7) is 1.45. The van der Waals surface area contributed by atoms with Gasteiger partial charge >= 0.3 is 0 Å². The first-order valence-corrected chi connectivity index (χ1v) is 13.3. The van der Waals surface area contributed by atoms with Crippen LogP contribution < -0.4 is 14.8 Å². The molecule has 3 aromatic rings. The van der Waals surface area contributed by atoms with Gasteiger partial charge in [0.15, 0.2) is 11.5 Å².